The molecule has 23 heavy (non-hydrogen) atoms. The molecule has 1 aliphatic heterocycles. The van der Waals surface area contributed by atoms with Crippen molar-refractivity contribution < 1.29 is 18.7 Å². The molecule has 0 aliphatic carbocycles. The molecule has 1 fully saturated rings. The van der Waals surface area contributed by atoms with Gasteiger partial charge in [0.05, 0.1) is 24.8 Å². The van der Waals surface area contributed by atoms with Crippen molar-refractivity contribution in [1.29, 1.82) is 0 Å². The van der Waals surface area contributed by atoms with Gasteiger partial charge in [-0.25, -0.2) is 9.18 Å². The second kappa shape index (κ2) is 8.15. The molecule has 0 radical (unpaired) electrons. The van der Waals surface area contributed by atoms with Crippen LogP contribution < -0.4 is 10.1 Å². The minimum Gasteiger partial charge on any atom is -0.496 e. The van der Waals surface area contributed by atoms with Crippen LogP contribution >= 0.6 is 0 Å². The maximum absolute atomic E-state index is 14.1. The van der Waals surface area contributed by atoms with Crippen LogP contribution in [0.25, 0.3) is 0 Å². The van der Waals surface area contributed by atoms with Gasteiger partial charge in [0.15, 0.2) is 0 Å². The highest BCUT2D eigenvalue weighted by Crippen LogP contribution is 2.27. The number of rotatable bonds is 6. The average molecular weight is 324 g/mol. The minimum atomic E-state index is -0.489. The van der Waals surface area contributed by atoms with Gasteiger partial charge in [-0.05, 0) is 38.8 Å². The van der Waals surface area contributed by atoms with Gasteiger partial charge in [-0.3, -0.25) is 0 Å². The van der Waals surface area contributed by atoms with Crippen molar-refractivity contribution in [3.8, 4) is 5.75 Å². The predicted octanol–water partition coefficient (Wildman–Crippen LogP) is 3.11. The van der Waals surface area contributed by atoms with Crippen LogP contribution in [0.15, 0.2) is 18.2 Å². The van der Waals surface area contributed by atoms with Crippen molar-refractivity contribution in [2.75, 3.05) is 26.8 Å². The van der Waals surface area contributed by atoms with Gasteiger partial charge in [0, 0.05) is 19.7 Å². The Morgan fingerprint density at radius 1 is 1.57 bits per heavy atom. The summed E-state index contributed by atoms with van der Waals surface area (Å²) in [7, 11) is 1.49. The zero-order chi connectivity index (χ0) is 16.8. The fourth-order valence-corrected chi connectivity index (χ4v) is 2.85. The van der Waals surface area contributed by atoms with E-state index in [0.29, 0.717) is 24.4 Å². The monoisotopic (exact) mass is 324 g/mol. The number of amides is 2. The summed E-state index contributed by atoms with van der Waals surface area (Å²) < 4.78 is 24.9. The largest absolute Gasteiger partial charge is 0.496 e. The van der Waals surface area contributed by atoms with E-state index in [-0.39, 0.29) is 18.0 Å². The maximum Gasteiger partial charge on any atom is 0.317 e. The molecule has 128 valence electrons. The van der Waals surface area contributed by atoms with Crippen LogP contribution in [-0.4, -0.2) is 43.8 Å². The summed E-state index contributed by atoms with van der Waals surface area (Å²) >= 11 is 0. The molecule has 0 spiro atoms. The van der Waals surface area contributed by atoms with Gasteiger partial charge >= 0.3 is 6.03 Å². The third-order valence-corrected chi connectivity index (χ3v) is 4.12. The number of ether oxygens (including phenoxy) is 2. The molecule has 1 aromatic rings. The van der Waals surface area contributed by atoms with E-state index in [1.165, 1.54) is 13.2 Å². The molecule has 2 amide bonds. The molecule has 1 saturated heterocycles. The molecule has 0 bridgehead atoms. The van der Waals surface area contributed by atoms with E-state index in [4.69, 9.17) is 9.47 Å². The Bertz CT molecular complexity index is 533. The lowest BCUT2D eigenvalue weighted by atomic mass is 10.1. The number of hydrogen-bond acceptors (Lipinski definition) is 3. The Morgan fingerprint density at radius 3 is 2.96 bits per heavy atom. The van der Waals surface area contributed by atoms with Gasteiger partial charge in [-0.1, -0.05) is 6.07 Å². The smallest absolute Gasteiger partial charge is 0.317 e. The van der Waals surface area contributed by atoms with Crippen LogP contribution in [0.4, 0.5) is 9.18 Å². The highest BCUT2D eigenvalue weighted by Gasteiger charge is 2.24. The van der Waals surface area contributed by atoms with Crippen LogP contribution in [0.5, 0.6) is 5.75 Å². The first-order valence-electron chi connectivity index (χ1n) is 8.06. The van der Waals surface area contributed by atoms with Crippen LogP contribution in [0, 0.1) is 5.82 Å². The van der Waals surface area contributed by atoms with Crippen molar-refractivity contribution in [3.63, 3.8) is 0 Å². The molecule has 1 aliphatic rings. The minimum absolute atomic E-state index is 0.0963. The van der Waals surface area contributed by atoms with E-state index < -0.39 is 6.04 Å². The molecule has 5 nitrogen and oxygen atoms in total. The fourth-order valence-electron chi connectivity index (χ4n) is 2.85. The molecular formula is C17H25FN2O3. The summed E-state index contributed by atoms with van der Waals surface area (Å²) in [5.41, 5.74) is 0.358. The number of hydrogen-bond donors (Lipinski definition) is 1. The average Bonchev–Trinajstić information content (AvgIpc) is 3.04. The van der Waals surface area contributed by atoms with Crippen LogP contribution in [0.3, 0.4) is 0 Å². The topological polar surface area (TPSA) is 50.8 Å². The van der Waals surface area contributed by atoms with Crippen molar-refractivity contribution in [2.24, 2.45) is 0 Å². The van der Waals surface area contributed by atoms with Gasteiger partial charge < -0.3 is 19.7 Å². The molecule has 1 aromatic carbocycles. The van der Waals surface area contributed by atoms with Gasteiger partial charge in [0.25, 0.3) is 0 Å². The Morgan fingerprint density at radius 2 is 2.35 bits per heavy atom. The number of likely N-dealkylation sites (N-methyl/N-ethyl adjacent to an activating group) is 1. The van der Waals surface area contributed by atoms with E-state index in [9.17, 15) is 9.18 Å². The zero-order valence-electron chi connectivity index (χ0n) is 14.0. The molecular weight excluding hydrogens is 299 g/mol. The van der Waals surface area contributed by atoms with Gasteiger partial charge in [0.2, 0.25) is 0 Å². The Labute approximate surface area is 136 Å². The molecule has 0 saturated carbocycles. The first-order chi connectivity index (χ1) is 11.1. The molecule has 6 heteroatoms. The third kappa shape index (κ3) is 4.34. The van der Waals surface area contributed by atoms with Crippen LogP contribution in [0.1, 0.15) is 38.3 Å². The number of benzene rings is 1. The summed E-state index contributed by atoms with van der Waals surface area (Å²) in [6, 6.07) is 3.93. The van der Waals surface area contributed by atoms with E-state index in [1.54, 1.807) is 24.0 Å². The Hall–Kier alpha value is -1.82. The molecule has 2 atom stereocenters. The summed E-state index contributed by atoms with van der Waals surface area (Å²) in [4.78, 5) is 14.1. The molecule has 2 rings (SSSR count). The number of halogens is 1. The quantitative estimate of drug-likeness (QED) is 0.875. The molecule has 0 aromatic heterocycles. The number of methoxy groups -OCH3 is 1. The highest BCUT2D eigenvalue weighted by molar-refractivity contribution is 5.74. The molecule has 1 N–H and O–H groups in total. The van der Waals surface area contributed by atoms with Crippen molar-refractivity contribution in [2.45, 2.75) is 38.8 Å². The number of carbonyl (C=O) groups excluding carboxylic acids is 1. The Kier molecular flexibility index (Phi) is 6.21. The van der Waals surface area contributed by atoms with E-state index >= 15 is 0 Å². The predicted molar refractivity (Wildman–Crippen MR) is 86.1 cm³/mol. The lowest BCUT2D eigenvalue weighted by Gasteiger charge is -2.27. The second-order valence-electron chi connectivity index (χ2n) is 5.70. The second-order valence-corrected chi connectivity index (χ2v) is 5.70. The molecule has 0 unspecified atom stereocenters. The van der Waals surface area contributed by atoms with Crippen molar-refractivity contribution >= 4 is 6.03 Å². The SMILES string of the molecule is CCN(C[C@H]1CCCO1)C(=O)N[C@@H](C)c1c(F)cccc1OC. The first-order valence-corrected chi connectivity index (χ1v) is 8.06. The van der Waals surface area contributed by atoms with Crippen molar-refractivity contribution in [1.82, 2.24) is 10.2 Å². The number of nitrogens with one attached hydrogen (secondary N) is 1. The van der Waals surface area contributed by atoms with Crippen LogP contribution in [0.2, 0.25) is 0 Å². The van der Waals surface area contributed by atoms with Gasteiger partial charge in [0.1, 0.15) is 11.6 Å². The highest BCUT2D eigenvalue weighted by atomic mass is 19.1. The summed E-state index contributed by atoms with van der Waals surface area (Å²) in [6.07, 6.45) is 2.10. The normalized spacial score (nSPS) is 18.5. The Balaban J connectivity index is 2.03. The fraction of sp³-hybridized carbons (Fsp3) is 0.588. The maximum atomic E-state index is 14.1. The molecule has 1 heterocycles. The van der Waals surface area contributed by atoms with Gasteiger partial charge in [-0.2, -0.15) is 0 Å². The van der Waals surface area contributed by atoms with E-state index in [0.717, 1.165) is 19.4 Å². The number of nitrogens with zero attached hydrogens (tertiary/aromatic N) is 1. The summed E-state index contributed by atoms with van der Waals surface area (Å²) in [5, 5.41) is 2.85. The number of urea groups is 1. The third-order valence-electron chi connectivity index (χ3n) is 4.12. The zero-order valence-corrected chi connectivity index (χ0v) is 14.0. The number of carbonyl (C=O) groups is 1. The van der Waals surface area contributed by atoms with Gasteiger partial charge in [-0.15, -0.1) is 0 Å². The lowest BCUT2D eigenvalue weighted by molar-refractivity contribution is 0.0821. The van der Waals surface area contributed by atoms with E-state index in [2.05, 4.69) is 5.32 Å². The summed E-state index contributed by atoms with van der Waals surface area (Å²) in [5.74, 6) is 0.0410. The first kappa shape index (κ1) is 17.5. The van der Waals surface area contributed by atoms with E-state index in [1.807, 2.05) is 6.92 Å². The van der Waals surface area contributed by atoms with Crippen molar-refractivity contribution in [3.05, 3.63) is 29.6 Å². The van der Waals surface area contributed by atoms with Crippen LogP contribution in [-0.2, 0) is 4.74 Å². The standard InChI is InChI=1S/C17H25FN2O3/c1-4-20(11-13-7-6-10-23-13)17(21)19-12(2)16-14(18)8-5-9-15(16)22-3/h5,8-9,12-13H,4,6-7,10-11H2,1-3H3,(H,19,21)/t12-,13+/m0/s1. The summed E-state index contributed by atoms with van der Waals surface area (Å²) in [6.45, 7) is 5.56. The lowest BCUT2D eigenvalue weighted by Crippen LogP contribution is -2.44.